The van der Waals surface area contributed by atoms with Gasteiger partial charge in [0.15, 0.2) is 11.5 Å². The van der Waals surface area contributed by atoms with Crippen LogP contribution in [0.4, 0.5) is 4.79 Å². The number of nitrogens with one attached hydrogen (secondary N) is 1. The maximum absolute atomic E-state index is 12.7. The van der Waals surface area contributed by atoms with Crippen LogP contribution in [0.1, 0.15) is 54.0 Å². The van der Waals surface area contributed by atoms with Gasteiger partial charge in [-0.25, -0.2) is 4.79 Å². The van der Waals surface area contributed by atoms with E-state index < -0.39 is 15.4 Å². The molecule has 0 heterocycles. The fourth-order valence-electron chi connectivity index (χ4n) is 2.39. The van der Waals surface area contributed by atoms with E-state index in [0.29, 0.717) is 18.8 Å². The standard InChI is InChI=1S/C20H34N2O5S/c1-14(2)12-22(19(23)21-20(5,6)7)13-16-9-10-17(26-8)18(11-16)27-28(24,25)15(3)4/h9-11,14-15H,12-13H2,1-8H3,(H,21,23). The maximum atomic E-state index is 12.7. The Balaban J connectivity index is 3.15. The van der Waals surface area contributed by atoms with Crippen LogP contribution in [0.25, 0.3) is 0 Å². The van der Waals surface area contributed by atoms with Crippen molar-refractivity contribution in [3.8, 4) is 11.5 Å². The molecule has 7 nitrogen and oxygen atoms in total. The topological polar surface area (TPSA) is 84.9 Å². The van der Waals surface area contributed by atoms with Crippen LogP contribution in [0.3, 0.4) is 0 Å². The molecule has 0 bridgehead atoms. The molecule has 1 rings (SSSR count). The first-order valence-corrected chi connectivity index (χ1v) is 10.9. The summed E-state index contributed by atoms with van der Waals surface area (Å²) in [6.45, 7) is 13.8. The number of nitrogens with zero attached hydrogens (tertiary/aromatic N) is 1. The summed E-state index contributed by atoms with van der Waals surface area (Å²) in [5.41, 5.74) is 0.394. The van der Waals surface area contributed by atoms with Crippen LogP contribution in [0.2, 0.25) is 0 Å². The minimum absolute atomic E-state index is 0.120. The van der Waals surface area contributed by atoms with Crippen molar-refractivity contribution in [1.29, 1.82) is 0 Å². The zero-order valence-corrected chi connectivity index (χ0v) is 19.0. The van der Waals surface area contributed by atoms with Crippen molar-refractivity contribution >= 4 is 16.1 Å². The van der Waals surface area contributed by atoms with Crippen molar-refractivity contribution in [2.24, 2.45) is 5.92 Å². The summed E-state index contributed by atoms with van der Waals surface area (Å²) in [6.07, 6.45) is 0. The quantitative estimate of drug-likeness (QED) is 0.655. The van der Waals surface area contributed by atoms with Crippen molar-refractivity contribution < 1.29 is 22.1 Å². The lowest BCUT2D eigenvalue weighted by Crippen LogP contribution is -2.49. The first kappa shape index (κ1) is 24.1. The van der Waals surface area contributed by atoms with Crippen LogP contribution in [0, 0.1) is 5.92 Å². The average molecular weight is 415 g/mol. The van der Waals surface area contributed by atoms with E-state index in [1.807, 2.05) is 34.6 Å². The van der Waals surface area contributed by atoms with Gasteiger partial charge in [0.05, 0.1) is 12.4 Å². The van der Waals surface area contributed by atoms with Crippen molar-refractivity contribution in [2.75, 3.05) is 13.7 Å². The summed E-state index contributed by atoms with van der Waals surface area (Å²) < 4.78 is 34.8. The number of hydrogen-bond acceptors (Lipinski definition) is 5. The number of hydrogen-bond donors (Lipinski definition) is 1. The van der Waals surface area contributed by atoms with Gasteiger partial charge in [-0.2, -0.15) is 8.42 Å². The van der Waals surface area contributed by atoms with Gasteiger partial charge in [-0.1, -0.05) is 19.9 Å². The molecule has 28 heavy (non-hydrogen) atoms. The van der Waals surface area contributed by atoms with E-state index in [-0.39, 0.29) is 23.2 Å². The zero-order valence-electron chi connectivity index (χ0n) is 18.2. The Hall–Kier alpha value is -1.96. The number of benzene rings is 1. The van der Waals surface area contributed by atoms with E-state index in [1.54, 1.807) is 36.9 Å². The molecule has 8 heteroatoms. The Morgan fingerprint density at radius 3 is 2.21 bits per heavy atom. The molecule has 0 spiro atoms. The lowest BCUT2D eigenvalue weighted by atomic mass is 10.1. The molecule has 0 saturated carbocycles. The van der Waals surface area contributed by atoms with E-state index in [9.17, 15) is 13.2 Å². The average Bonchev–Trinajstić information content (AvgIpc) is 2.52. The summed E-state index contributed by atoms with van der Waals surface area (Å²) in [7, 11) is -2.31. The highest BCUT2D eigenvalue weighted by Gasteiger charge is 2.23. The minimum Gasteiger partial charge on any atom is -0.493 e. The van der Waals surface area contributed by atoms with Gasteiger partial charge >= 0.3 is 16.1 Å². The Labute approximate surface area is 169 Å². The molecule has 160 valence electrons. The third-order valence-electron chi connectivity index (χ3n) is 3.74. The second-order valence-electron chi connectivity index (χ2n) is 8.56. The zero-order chi connectivity index (χ0) is 21.7. The Kier molecular flexibility index (Phi) is 8.16. The molecule has 1 aromatic carbocycles. The van der Waals surface area contributed by atoms with E-state index in [0.717, 1.165) is 5.56 Å². The summed E-state index contributed by atoms with van der Waals surface area (Å²) in [4.78, 5) is 14.4. The fraction of sp³-hybridized carbons (Fsp3) is 0.650. The SMILES string of the molecule is COc1ccc(CN(CC(C)C)C(=O)NC(C)(C)C)cc1OS(=O)(=O)C(C)C. The molecule has 0 saturated heterocycles. The monoisotopic (exact) mass is 414 g/mol. The van der Waals surface area contributed by atoms with E-state index >= 15 is 0 Å². The predicted octanol–water partition coefficient (Wildman–Crippen LogP) is 3.78. The van der Waals surface area contributed by atoms with Crippen LogP contribution in [-0.2, 0) is 16.7 Å². The molecule has 0 aliphatic rings. The third kappa shape index (κ3) is 7.58. The van der Waals surface area contributed by atoms with Crippen LogP contribution < -0.4 is 14.2 Å². The Bertz CT molecular complexity index is 767. The number of carbonyl (C=O) groups excluding carboxylic acids is 1. The molecule has 0 fully saturated rings. The lowest BCUT2D eigenvalue weighted by Gasteiger charge is -2.30. The van der Waals surface area contributed by atoms with Crippen LogP contribution in [0.5, 0.6) is 11.5 Å². The van der Waals surface area contributed by atoms with Gasteiger partial charge in [-0.05, 0) is 58.2 Å². The van der Waals surface area contributed by atoms with Crippen LogP contribution in [0.15, 0.2) is 18.2 Å². The van der Waals surface area contributed by atoms with Crippen LogP contribution in [-0.4, -0.2) is 43.8 Å². The van der Waals surface area contributed by atoms with E-state index in [4.69, 9.17) is 8.92 Å². The third-order valence-corrected chi connectivity index (χ3v) is 5.31. The molecular weight excluding hydrogens is 380 g/mol. The lowest BCUT2D eigenvalue weighted by molar-refractivity contribution is 0.179. The first-order chi connectivity index (χ1) is 12.7. The smallest absolute Gasteiger partial charge is 0.318 e. The van der Waals surface area contributed by atoms with E-state index in [1.165, 1.54) is 7.11 Å². The predicted molar refractivity (Wildman–Crippen MR) is 111 cm³/mol. The largest absolute Gasteiger partial charge is 0.493 e. The van der Waals surface area contributed by atoms with Gasteiger partial charge in [0.25, 0.3) is 0 Å². The second-order valence-corrected chi connectivity index (χ2v) is 10.7. The number of amides is 2. The molecule has 0 aliphatic carbocycles. The van der Waals surface area contributed by atoms with Crippen molar-refractivity contribution in [1.82, 2.24) is 10.2 Å². The van der Waals surface area contributed by atoms with Gasteiger partial charge in [0, 0.05) is 18.6 Å². The number of carbonyl (C=O) groups is 1. The number of rotatable bonds is 8. The molecule has 1 N–H and O–H groups in total. The summed E-state index contributed by atoms with van der Waals surface area (Å²) >= 11 is 0. The summed E-state index contributed by atoms with van der Waals surface area (Å²) in [5.74, 6) is 0.720. The summed E-state index contributed by atoms with van der Waals surface area (Å²) in [5, 5.41) is 2.29. The normalized spacial score (nSPS) is 12.2. The first-order valence-electron chi connectivity index (χ1n) is 9.42. The molecule has 0 aromatic heterocycles. The van der Waals surface area contributed by atoms with Gasteiger partial charge < -0.3 is 19.1 Å². The van der Waals surface area contributed by atoms with Crippen molar-refractivity contribution in [2.45, 2.75) is 65.8 Å². The number of methoxy groups -OCH3 is 1. The molecule has 0 unspecified atom stereocenters. The highest BCUT2D eigenvalue weighted by atomic mass is 32.2. The molecule has 0 atom stereocenters. The Morgan fingerprint density at radius 2 is 1.75 bits per heavy atom. The highest BCUT2D eigenvalue weighted by Crippen LogP contribution is 2.30. The summed E-state index contributed by atoms with van der Waals surface area (Å²) in [6, 6.07) is 4.88. The Morgan fingerprint density at radius 1 is 1.14 bits per heavy atom. The van der Waals surface area contributed by atoms with Gasteiger partial charge in [0.1, 0.15) is 0 Å². The number of ether oxygens (including phenoxy) is 1. The highest BCUT2D eigenvalue weighted by molar-refractivity contribution is 7.87. The fourth-order valence-corrected chi connectivity index (χ4v) is 2.96. The second kappa shape index (κ2) is 9.49. The van der Waals surface area contributed by atoms with Gasteiger partial charge in [0.2, 0.25) is 0 Å². The van der Waals surface area contributed by atoms with E-state index in [2.05, 4.69) is 5.32 Å². The van der Waals surface area contributed by atoms with Gasteiger partial charge in [-0.15, -0.1) is 0 Å². The molecular formula is C20H34N2O5S. The van der Waals surface area contributed by atoms with Gasteiger partial charge in [-0.3, -0.25) is 0 Å². The molecule has 0 aliphatic heterocycles. The minimum atomic E-state index is -3.76. The number of urea groups is 1. The van der Waals surface area contributed by atoms with Crippen molar-refractivity contribution in [3.63, 3.8) is 0 Å². The molecule has 0 radical (unpaired) electrons. The maximum Gasteiger partial charge on any atom is 0.318 e. The molecule has 1 aromatic rings. The molecule has 2 amide bonds. The van der Waals surface area contributed by atoms with Crippen molar-refractivity contribution in [3.05, 3.63) is 23.8 Å². The van der Waals surface area contributed by atoms with Crippen LogP contribution >= 0.6 is 0 Å².